The van der Waals surface area contributed by atoms with E-state index in [9.17, 15) is 9.90 Å². The summed E-state index contributed by atoms with van der Waals surface area (Å²) in [7, 11) is 1.45. The Kier molecular flexibility index (Phi) is 4.59. The van der Waals surface area contributed by atoms with Crippen LogP contribution in [0.25, 0.3) is 11.0 Å². The molecule has 0 fully saturated rings. The lowest BCUT2D eigenvalue weighted by atomic mass is 10.3. The lowest BCUT2D eigenvalue weighted by Gasteiger charge is -2.11. The minimum absolute atomic E-state index is 0.0290. The minimum Gasteiger partial charge on any atom is -0.381 e. The number of hydrogen-bond donors (Lipinski definition) is 3. The van der Waals surface area contributed by atoms with Crippen molar-refractivity contribution in [3.8, 4) is 0 Å². The number of halogens is 2. The molecule has 0 unspecified atom stereocenters. The summed E-state index contributed by atoms with van der Waals surface area (Å²) in [4.78, 5) is 19.6. The normalized spacial score (nSPS) is 12.2. The van der Waals surface area contributed by atoms with E-state index in [-0.39, 0.29) is 6.54 Å². The van der Waals surface area contributed by atoms with Crippen LogP contribution in [0.15, 0.2) is 18.3 Å². The molecular weight excluding hydrogens is 303 g/mol. The van der Waals surface area contributed by atoms with E-state index in [2.05, 4.69) is 20.6 Å². The first-order chi connectivity index (χ1) is 9.51. The molecule has 1 atom stereocenters. The summed E-state index contributed by atoms with van der Waals surface area (Å²) in [5.41, 5.74) is 1.18. The first kappa shape index (κ1) is 14.8. The number of aliphatic hydroxyl groups excluding tert-OH is 1. The number of nitrogens with zero attached hydrogens (tertiary/aromatic N) is 2. The van der Waals surface area contributed by atoms with Crippen molar-refractivity contribution in [1.82, 2.24) is 15.3 Å². The van der Waals surface area contributed by atoms with Crippen molar-refractivity contribution in [2.45, 2.75) is 6.10 Å². The topological polar surface area (TPSA) is 87.1 Å². The Hall–Kier alpha value is -1.63. The van der Waals surface area contributed by atoms with Crippen molar-refractivity contribution in [3.05, 3.63) is 28.4 Å². The van der Waals surface area contributed by atoms with Crippen molar-refractivity contribution in [1.29, 1.82) is 0 Å². The van der Waals surface area contributed by atoms with Gasteiger partial charge in [-0.3, -0.25) is 9.78 Å². The molecule has 1 amide bonds. The van der Waals surface area contributed by atoms with Crippen LogP contribution in [0.5, 0.6) is 0 Å². The number of amides is 1. The maximum atomic E-state index is 11.2. The van der Waals surface area contributed by atoms with Crippen LogP contribution in [-0.2, 0) is 4.79 Å². The number of aliphatic hydroxyl groups is 1. The van der Waals surface area contributed by atoms with E-state index in [0.717, 1.165) is 0 Å². The number of aromatic nitrogens is 2. The highest BCUT2D eigenvalue weighted by Gasteiger charge is 2.13. The molecular formula is C12H12Cl2N4O2. The van der Waals surface area contributed by atoms with Gasteiger partial charge >= 0.3 is 0 Å². The lowest BCUT2D eigenvalue weighted by Crippen LogP contribution is -2.36. The third kappa shape index (κ3) is 3.27. The SMILES string of the molecule is CNC(=O)[C@H](O)CNc1cnc2cc(Cl)c(Cl)cc2n1. The molecule has 1 aromatic heterocycles. The Morgan fingerprint density at radius 2 is 2.00 bits per heavy atom. The molecule has 0 aliphatic carbocycles. The van der Waals surface area contributed by atoms with Crippen LogP contribution in [-0.4, -0.2) is 40.7 Å². The fraction of sp³-hybridized carbons (Fsp3) is 0.250. The van der Waals surface area contributed by atoms with Crippen LogP contribution < -0.4 is 10.6 Å². The van der Waals surface area contributed by atoms with Gasteiger partial charge in [0.05, 0.1) is 33.8 Å². The Bertz CT molecular complexity index is 651. The number of rotatable bonds is 4. The van der Waals surface area contributed by atoms with Crippen LogP contribution in [0.3, 0.4) is 0 Å². The molecule has 0 saturated heterocycles. The van der Waals surface area contributed by atoms with Gasteiger partial charge in [0.15, 0.2) is 0 Å². The van der Waals surface area contributed by atoms with Crippen LogP contribution in [0.1, 0.15) is 0 Å². The largest absolute Gasteiger partial charge is 0.381 e. The summed E-state index contributed by atoms with van der Waals surface area (Å²) in [6.45, 7) is 0.0290. The number of carbonyl (C=O) groups excluding carboxylic acids is 1. The molecule has 2 rings (SSSR count). The van der Waals surface area contributed by atoms with Gasteiger partial charge in [0, 0.05) is 7.05 Å². The fourth-order valence-corrected chi connectivity index (χ4v) is 1.87. The van der Waals surface area contributed by atoms with E-state index in [1.54, 1.807) is 12.1 Å². The molecule has 20 heavy (non-hydrogen) atoms. The zero-order valence-electron chi connectivity index (χ0n) is 10.5. The highest BCUT2D eigenvalue weighted by molar-refractivity contribution is 6.42. The van der Waals surface area contributed by atoms with Crippen molar-refractivity contribution in [3.63, 3.8) is 0 Å². The second-order valence-electron chi connectivity index (χ2n) is 4.02. The number of fused-ring (bicyclic) bond motifs is 1. The smallest absolute Gasteiger partial charge is 0.250 e. The summed E-state index contributed by atoms with van der Waals surface area (Å²) in [5.74, 6) is -0.0417. The maximum absolute atomic E-state index is 11.2. The Morgan fingerprint density at radius 1 is 1.35 bits per heavy atom. The van der Waals surface area contributed by atoms with Crippen molar-refractivity contribution in [2.24, 2.45) is 0 Å². The van der Waals surface area contributed by atoms with Crippen LogP contribution in [0, 0.1) is 0 Å². The summed E-state index contributed by atoms with van der Waals surface area (Å²) in [6.07, 6.45) is 0.328. The fourth-order valence-electron chi connectivity index (χ4n) is 1.55. The summed E-state index contributed by atoms with van der Waals surface area (Å²) >= 11 is 11.8. The maximum Gasteiger partial charge on any atom is 0.250 e. The average molecular weight is 315 g/mol. The van der Waals surface area contributed by atoms with E-state index < -0.39 is 12.0 Å². The van der Waals surface area contributed by atoms with Crippen molar-refractivity contribution < 1.29 is 9.90 Å². The van der Waals surface area contributed by atoms with E-state index in [1.807, 2.05) is 0 Å². The number of hydrogen-bond acceptors (Lipinski definition) is 5. The molecule has 0 aliphatic rings. The zero-order valence-corrected chi connectivity index (χ0v) is 12.0. The van der Waals surface area contributed by atoms with Crippen LogP contribution >= 0.6 is 23.2 Å². The predicted molar refractivity (Wildman–Crippen MR) is 78.1 cm³/mol. The van der Waals surface area contributed by atoms with Gasteiger partial charge in [-0.15, -0.1) is 0 Å². The Balaban J connectivity index is 2.16. The first-order valence-corrected chi connectivity index (χ1v) is 6.52. The number of benzene rings is 1. The predicted octanol–water partition coefficient (Wildman–Crippen LogP) is 1.46. The molecule has 6 nitrogen and oxygen atoms in total. The summed E-state index contributed by atoms with van der Waals surface area (Å²) < 4.78 is 0. The molecule has 0 radical (unpaired) electrons. The van der Waals surface area contributed by atoms with Gasteiger partial charge in [-0.25, -0.2) is 4.98 Å². The highest BCUT2D eigenvalue weighted by Crippen LogP contribution is 2.26. The van der Waals surface area contributed by atoms with E-state index in [1.165, 1.54) is 13.2 Å². The van der Waals surface area contributed by atoms with Gasteiger partial charge in [-0.2, -0.15) is 0 Å². The average Bonchev–Trinajstić information content (AvgIpc) is 2.45. The molecule has 0 bridgehead atoms. The van der Waals surface area contributed by atoms with E-state index >= 15 is 0 Å². The number of carbonyl (C=O) groups is 1. The summed E-state index contributed by atoms with van der Waals surface area (Å²) in [6, 6.07) is 3.22. The van der Waals surface area contributed by atoms with Crippen molar-refractivity contribution >= 4 is 46.0 Å². The Morgan fingerprint density at radius 3 is 2.65 bits per heavy atom. The zero-order chi connectivity index (χ0) is 14.7. The van der Waals surface area contributed by atoms with Gasteiger partial charge in [0.1, 0.15) is 11.9 Å². The van der Waals surface area contributed by atoms with E-state index in [4.69, 9.17) is 23.2 Å². The standard InChI is InChI=1S/C12H12Cl2N4O2/c1-15-12(20)10(19)4-17-11-5-16-8-2-6(13)7(14)3-9(8)18-11/h2-3,5,10,19H,4H2,1H3,(H,15,20)(H,17,18)/t10-/m1/s1. The second kappa shape index (κ2) is 6.21. The quantitative estimate of drug-likeness (QED) is 0.795. The third-order valence-electron chi connectivity index (χ3n) is 2.61. The minimum atomic E-state index is -1.16. The third-order valence-corrected chi connectivity index (χ3v) is 3.33. The van der Waals surface area contributed by atoms with Gasteiger partial charge in [0.2, 0.25) is 5.91 Å². The van der Waals surface area contributed by atoms with Gasteiger partial charge in [-0.05, 0) is 12.1 Å². The molecule has 2 aromatic rings. The molecule has 0 saturated carbocycles. The highest BCUT2D eigenvalue weighted by atomic mass is 35.5. The molecule has 8 heteroatoms. The van der Waals surface area contributed by atoms with E-state index in [0.29, 0.717) is 26.9 Å². The number of likely N-dealkylation sites (N-methyl/N-ethyl adjacent to an activating group) is 1. The first-order valence-electron chi connectivity index (χ1n) is 5.76. The van der Waals surface area contributed by atoms with Crippen LogP contribution in [0.2, 0.25) is 10.0 Å². The molecule has 0 spiro atoms. The molecule has 1 heterocycles. The molecule has 106 valence electrons. The molecule has 1 aromatic carbocycles. The number of nitrogens with one attached hydrogen (secondary N) is 2. The monoisotopic (exact) mass is 314 g/mol. The van der Waals surface area contributed by atoms with Gasteiger partial charge in [0.25, 0.3) is 0 Å². The molecule has 0 aliphatic heterocycles. The Labute approximate surface area is 125 Å². The van der Waals surface area contributed by atoms with Gasteiger partial charge < -0.3 is 15.7 Å². The molecule has 3 N–H and O–H groups in total. The summed E-state index contributed by atoms with van der Waals surface area (Å²) in [5, 5.41) is 15.5. The van der Waals surface area contributed by atoms with Gasteiger partial charge in [-0.1, -0.05) is 23.2 Å². The second-order valence-corrected chi connectivity index (χ2v) is 4.84. The number of anilines is 1. The van der Waals surface area contributed by atoms with Crippen molar-refractivity contribution in [2.75, 3.05) is 18.9 Å². The lowest BCUT2D eigenvalue weighted by molar-refractivity contribution is -0.128. The van der Waals surface area contributed by atoms with Crippen LogP contribution in [0.4, 0.5) is 5.82 Å².